The molecule has 0 radical (unpaired) electrons. The van der Waals surface area contributed by atoms with E-state index in [9.17, 15) is 14.7 Å². The molecule has 0 saturated carbocycles. The van der Waals surface area contributed by atoms with Gasteiger partial charge in [-0.05, 0) is 24.5 Å². The Labute approximate surface area is 135 Å². The first-order valence-corrected chi connectivity index (χ1v) is 7.70. The summed E-state index contributed by atoms with van der Waals surface area (Å²) in [4.78, 5) is 23.7. The maximum Gasteiger partial charge on any atom is 0.330 e. The number of carboxylic acids is 1. The van der Waals surface area contributed by atoms with Crippen LogP contribution in [0.4, 0.5) is 0 Å². The number of benzene rings is 1. The van der Waals surface area contributed by atoms with Crippen molar-refractivity contribution < 1.29 is 14.7 Å². The lowest BCUT2D eigenvalue weighted by atomic mass is 10.1. The predicted molar refractivity (Wildman–Crippen MR) is 86.1 cm³/mol. The van der Waals surface area contributed by atoms with E-state index in [2.05, 4.69) is 24.3 Å². The second-order valence-electron chi connectivity index (χ2n) is 5.31. The predicted octanol–water partition coefficient (Wildman–Crippen LogP) is 2.80. The highest BCUT2D eigenvalue weighted by atomic mass is 16.4. The van der Waals surface area contributed by atoms with Crippen molar-refractivity contribution in [3.05, 3.63) is 53.9 Å². The lowest BCUT2D eigenvalue weighted by Crippen LogP contribution is -2.34. The number of carbonyl (C=O) groups excluding carboxylic acids is 1. The van der Waals surface area contributed by atoms with Gasteiger partial charge in [-0.1, -0.05) is 44.2 Å². The molecule has 6 heteroatoms. The van der Waals surface area contributed by atoms with Gasteiger partial charge in [-0.15, -0.1) is 0 Å². The van der Waals surface area contributed by atoms with Crippen LogP contribution in [0.5, 0.6) is 0 Å². The Morgan fingerprint density at radius 3 is 2.39 bits per heavy atom. The zero-order valence-corrected chi connectivity index (χ0v) is 13.3. The highest BCUT2D eigenvalue weighted by molar-refractivity contribution is 5.95. The number of amides is 1. The number of nitrogens with one attached hydrogen (secondary N) is 1. The monoisotopic (exact) mass is 315 g/mol. The van der Waals surface area contributed by atoms with Gasteiger partial charge in [0.2, 0.25) is 0 Å². The molecule has 1 heterocycles. The van der Waals surface area contributed by atoms with E-state index in [1.54, 1.807) is 47.3 Å². The smallest absolute Gasteiger partial charge is 0.330 e. The van der Waals surface area contributed by atoms with Gasteiger partial charge < -0.3 is 10.4 Å². The van der Waals surface area contributed by atoms with Gasteiger partial charge in [-0.25, -0.2) is 4.79 Å². The molecule has 0 unspecified atom stereocenters. The molecule has 23 heavy (non-hydrogen) atoms. The second kappa shape index (κ2) is 7.58. The van der Waals surface area contributed by atoms with Crippen LogP contribution in [0, 0.1) is 0 Å². The number of hydrogen-bond donors (Lipinski definition) is 2. The third-order valence-electron chi connectivity index (χ3n) is 3.81. The minimum absolute atomic E-state index is 0.221. The van der Waals surface area contributed by atoms with E-state index in [-0.39, 0.29) is 11.7 Å². The minimum Gasteiger partial charge on any atom is -0.479 e. The molecule has 2 rings (SSSR count). The fourth-order valence-corrected chi connectivity index (χ4v) is 2.46. The van der Waals surface area contributed by atoms with Crippen LogP contribution in [-0.2, 0) is 4.79 Å². The number of carboxylic acid groups (broad SMARTS) is 1. The first kappa shape index (κ1) is 16.7. The van der Waals surface area contributed by atoms with Crippen molar-refractivity contribution in [2.24, 2.45) is 0 Å². The molecule has 2 N–H and O–H groups in total. The van der Waals surface area contributed by atoms with Gasteiger partial charge in [-0.2, -0.15) is 5.10 Å². The van der Waals surface area contributed by atoms with Gasteiger partial charge in [0.05, 0.1) is 6.04 Å². The van der Waals surface area contributed by atoms with Crippen molar-refractivity contribution in [2.45, 2.75) is 38.8 Å². The minimum atomic E-state index is -1.11. The van der Waals surface area contributed by atoms with Crippen molar-refractivity contribution in [2.75, 3.05) is 0 Å². The van der Waals surface area contributed by atoms with Gasteiger partial charge in [0.15, 0.2) is 6.04 Å². The topological polar surface area (TPSA) is 84.2 Å². The summed E-state index contributed by atoms with van der Waals surface area (Å²) >= 11 is 0. The Kier molecular flexibility index (Phi) is 5.51. The molecule has 0 aliphatic heterocycles. The number of rotatable bonds is 7. The highest BCUT2D eigenvalue weighted by Crippen LogP contribution is 2.16. The third kappa shape index (κ3) is 3.97. The highest BCUT2D eigenvalue weighted by Gasteiger charge is 2.23. The van der Waals surface area contributed by atoms with Crippen molar-refractivity contribution >= 4 is 11.9 Å². The number of carbonyl (C=O) groups is 2. The number of nitrogens with zero attached hydrogens (tertiary/aromatic N) is 2. The Morgan fingerprint density at radius 2 is 1.83 bits per heavy atom. The third-order valence-corrected chi connectivity index (χ3v) is 3.81. The average molecular weight is 315 g/mol. The van der Waals surface area contributed by atoms with Crippen molar-refractivity contribution in [3.8, 4) is 0 Å². The molecule has 0 aliphatic carbocycles. The van der Waals surface area contributed by atoms with E-state index in [0.717, 1.165) is 12.8 Å². The lowest BCUT2D eigenvalue weighted by Gasteiger charge is -2.14. The summed E-state index contributed by atoms with van der Waals surface area (Å²) in [5.41, 5.74) is 0.742. The Hall–Kier alpha value is -2.63. The fraction of sp³-hybridized carbons (Fsp3) is 0.353. The number of aliphatic carboxylic acids is 1. The lowest BCUT2D eigenvalue weighted by molar-refractivity contribution is -0.139. The molecule has 0 spiro atoms. The molecule has 0 bridgehead atoms. The van der Waals surface area contributed by atoms with E-state index in [0.29, 0.717) is 5.56 Å². The molecule has 0 fully saturated rings. The van der Waals surface area contributed by atoms with E-state index in [1.165, 1.54) is 0 Å². The first-order valence-electron chi connectivity index (χ1n) is 7.70. The first-order chi connectivity index (χ1) is 11.1. The van der Waals surface area contributed by atoms with Gasteiger partial charge in [0, 0.05) is 6.20 Å². The van der Waals surface area contributed by atoms with Gasteiger partial charge >= 0.3 is 5.97 Å². The van der Waals surface area contributed by atoms with Crippen molar-refractivity contribution in [3.63, 3.8) is 0 Å². The van der Waals surface area contributed by atoms with Crippen LogP contribution in [0.3, 0.4) is 0 Å². The summed E-state index contributed by atoms with van der Waals surface area (Å²) in [5.74, 6) is -1.60. The molecule has 1 aromatic heterocycles. The quantitative estimate of drug-likeness (QED) is 0.823. The Bertz CT molecular complexity index is 663. The normalized spacial score (nSPS) is 12.1. The van der Waals surface area contributed by atoms with E-state index >= 15 is 0 Å². The fourth-order valence-electron chi connectivity index (χ4n) is 2.46. The van der Waals surface area contributed by atoms with Crippen LogP contribution >= 0.6 is 0 Å². The van der Waals surface area contributed by atoms with Gasteiger partial charge in [-0.3, -0.25) is 9.48 Å². The molecule has 0 saturated heterocycles. The average Bonchev–Trinajstić information content (AvgIpc) is 3.04. The van der Waals surface area contributed by atoms with E-state index in [4.69, 9.17) is 0 Å². The summed E-state index contributed by atoms with van der Waals surface area (Å²) < 4.78 is 1.76. The summed E-state index contributed by atoms with van der Waals surface area (Å²) in [5, 5.41) is 16.1. The molecule has 2 aromatic rings. The van der Waals surface area contributed by atoms with Gasteiger partial charge in [0.1, 0.15) is 5.69 Å². The molecule has 1 aromatic carbocycles. The summed E-state index contributed by atoms with van der Waals surface area (Å²) in [6.45, 7) is 4.12. The summed E-state index contributed by atoms with van der Waals surface area (Å²) in [6.07, 6.45) is 3.59. The largest absolute Gasteiger partial charge is 0.479 e. The van der Waals surface area contributed by atoms with Crippen LogP contribution in [-0.4, -0.2) is 26.8 Å². The Balaban J connectivity index is 2.15. The maximum atomic E-state index is 12.3. The standard InChI is InChI=1S/C17H21N3O3/c1-3-13(4-2)20-11-10-14(19-20)16(21)18-15(17(22)23)12-8-6-5-7-9-12/h5-11,13,15H,3-4H2,1-2H3,(H,18,21)(H,22,23)/t15-/m1/s1. The van der Waals surface area contributed by atoms with Crippen LogP contribution in [0.25, 0.3) is 0 Å². The van der Waals surface area contributed by atoms with Crippen LogP contribution in [0.2, 0.25) is 0 Å². The zero-order chi connectivity index (χ0) is 16.8. The SMILES string of the molecule is CCC(CC)n1ccc(C(=O)N[C@@H](C(=O)O)c2ccccc2)n1. The molecule has 1 amide bonds. The molecule has 0 aliphatic rings. The summed E-state index contributed by atoms with van der Waals surface area (Å²) in [6, 6.07) is 9.35. The second-order valence-corrected chi connectivity index (χ2v) is 5.31. The molecule has 1 atom stereocenters. The van der Waals surface area contributed by atoms with Crippen LogP contribution in [0.15, 0.2) is 42.6 Å². The molecule has 6 nitrogen and oxygen atoms in total. The summed E-state index contributed by atoms with van der Waals surface area (Å²) in [7, 11) is 0. The van der Waals surface area contributed by atoms with Crippen LogP contribution in [0.1, 0.15) is 54.8 Å². The van der Waals surface area contributed by atoms with Gasteiger partial charge in [0.25, 0.3) is 5.91 Å². The zero-order valence-electron chi connectivity index (χ0n) is 13.3. The Morgan fingerprint density at radius 1 is 1.17 bits per heavy atom. The van der Waals surface area contributed by atoms with Crippen LogP contribution < -0.4 is 5.32 Å². The van der Waals surface area contributed by atoms with Crippen molar-refractivity contribution in [1.82, 2.24) is 15.1 Å². The number of aromatic nitrogens is 2. The van der Waals surface area contributed by atoms with E-state index in [1.807, 2.05) is 0 Å². The molecular formula is C17H21N3O3. The number of hydrogen-bond acceptors (Lipinski definition) is 3. The molecule has 122 valence electrons. The van der Waals surface area contributed by atoms with Crippen molar-refractivity contribution in [1.29, 1.82) is 0 Å². The maximum absolute atomic E-state index is 12.3. The van der Waals surface area contributed by atoms with E-state index < -0.39 is 17.9 Å². The molecular weight excluding hydrogens is 294 g/mol.